The zero-order chi connectivity index (χ0) is 25.1. The molecule has 0 spiro atoms. The van der Waals surface area contributed by atoms with Gasteiger partial charge < -0.3 is 26.4 Å². The number of unbranched alkanes of at least 4 members (excludes halogenated alkanes) is 3. The number of hydrogen-bond donors (Lipinski definition) is 5. The molecular formula is C20H34N4O7S3. The molecule has 2 aliphatic rings. The highest BCUT2D eigenvalue weighted by atomic mass is 32.8. The molecule has 0 aliphatic carbocycles. The molecule has 0 aromatic heterocycles. The molecule has 0 aromatic carbocycles. The third-order valence-corrected chi connectivity index (χ3v) is 9.32. The summed E-state index contributed by atoms with van der Waals surface area (Å²) in [6.45, 7) is 0.518. The van der Waals surface area contributed by atoms with Crippen molar-refractivity contribution in [1.82, 2.24) is 21.3 Å². The summed E-state index contributed by atoms with van der Waals surface area (Å²) in [5.74, 6) is -1.32. The van der Waals surface area contributed by atoms with Crippen molar-refractivity contribution in [2.45, 2.75) is 74.7 Å². The minimum Gasteiger partial charge on any atom is -0.480 e. The first-order valence-corrected chi connectivity index (χ1v) is 15.0. The summed E-state index contributed by atoms with van der Waals surface area (Å²) < 4.78 is 16.4. The lowest BCUT2D eigenvalue weighted by Gasteiger charge is -2.16. The zero-order valence-corrected chi connectivity index (χ0v) is 21.7. The van der Waals surface area contributed by atoms with Gasteiger partial charge in [0.25, 0.3) is 0 Å². The van der Waals surface area contributed by atoms with Gasteiger partial charge in [0.15, 0.2) is 0 Å². The lowest BCUT2D eigenvalue weighted by molar-refractivity contribution is -0.141. The summed E-state index contributed by atoms with van der Waals surface area (Å²) in [5, 5.41) is 20.6. The third-order valence-electron chi connectivity index (χ3n) is 5.74. The number of amides is 4. The number of thioether (sulfide) groups is 1. The molecule has 0 bridgehead atoms. The topological polar surface area (TPSA) is 163 Å². The zero-order valence-electron chi connectivity index (χ0n) is 19.2. The summed E-state index contributed by atoms with van der Waals surface area (Å²) in [6, 6.07) is -1.04. The van der Waals surface area contributed by atoms with Crippen LogP contribution in [0.3, 0.4) is 0 Å². The number of carbonyl (C=O) groups excluding carboxylic acids is 3. The van der Waals surface area contributed by atoms with Gasteiger partial charge in [-0.05, 0) is 25.7 Å². The van der Waals surface area contributed by atoms with Gasteiger partial charge in [-0.2, -0.15) is 11.8 Å². The molecule has 34 heavy (non-hydrogen) atoms. The summed E-state index contributed by atoms with van der Waals surface area (Å²) in [4.78, 5) is 46.6. The Kier molecular flexibility index (Phi) is 11.8. The Morgan fingerprint density at radius 1 is 1.18 bits per heavy atom. The van der Waals surface area contributed by atoms with Crippen LogP contribution in [-0.2, 0) is 38.5 Å². The van der Waals surface area contributed by atoms with Crippen molar-refractivity contribution in [3.8, 4) is 0 Å². The standard InChI is InChI=1S/C20H34N4O7S3/c1-31-34(30,32)12-14(19(27)28)22-17(26)9-3-2-6-10-21-16(25)8-5-4-7-15-18-13(11-33-15)23-20(29)24-18/h13-15,18H,2-12H2,1H3,(H,21,25)(H,22,26)(H,27,28)(H2,23,24,29). The van der Waals surface area contributed by atoms with Gasteiger partial charge in [0, 0.05) is 41.6 Å². The fourth-order valence-electron chi connectivity index (χ4n) is 3.89. The van der Waals surface area contributed by atoms with E-state index in [1.807, 2.05) is 11.8 Å². The predicted molar refractivity (Wildman–Crippen MR) is 132 cm³/mol. The van der Waals surface area contributed by atoms with Crippen molar-refractivity contribution in [3.05, 3.63) is 0 Å². The van der Waals surface area contributed by atoms with Crippen molar-refractivity contribution in [2.75, 3.05) is 25.2 Å². The number of nitrogens with one attached hydrogen (secondary N) is 4. The molecule has 5 N–H and O–H groups in total. The van der Waals surface area contributed by atoms with Crippen LogP contribution < -0.4 is 21.3 Å². The van der Waals surface area contributed by atoms with Crippen LogP contribution in [0.15, 0.2) is 0 Å². The largest absolute Gasteiger partial charge is 0.480 e. The molecule has 4 amide bonds. The van der Waals surface area contributed by atoms with E-state index >= 15 is 0 Å². The Labute approximate surface area is 209 Å². The molecule has 194 valence electrons. The van der Waals surface area contributed by atoms with Crippen molar-refractivity contribution in [2.24, 2.45) is 0 Å². The van der Waals surface area contributed by atoms with Crippen LogP contribution in [-0.4, -0.2) is 81.7 Å². The average Bonchev–Trinajstić information content (AvgIpc) is 3.32. The van der Waals surface area contributed by atoms with Crippen LogP contribution in [0, 0.1) is 0 Å². The Balaban J connectivity index is 1.48. The number of carboxylic acid groups (broad SMARTS) is 1. The van der Waals surface area contributed by atoms with Crippen molar-refractivity contribution < 1.29 is 32.7 Å². The van der Waals surface area contributed by atoms with E-state index in [0.717, 1.165) is 32.1 Å². The minimum absolute atomic E-state index is 0.000449. The van der Waals surface area contributed by atoms with Crippen molar-refractivity contribution in [1.29, 1.82) is 0 Å². The van der Waals surface area contributed by atoms with Gasteiger partial charge in [-0.15, -0.1) is 0 Å². The first kappa shape index (κ1) is 28.6. The first-order valence-electron chi connectivity index (χ1n) is 11.4. The number of hydrogen-bond acceptors (Lipinski definition) is 8. The van der Waals surface area contributed by atoms with E-state index in [1.165, 1.54) is 0 Å². The predicted octanol–water partition coefficient (Wildman–Crippen LogP) is 0.266. The lowest BCUT2D eigenvalue weighted by Crippen LogP contribution is -2.45. The fourth-order valence-corrected chi connectivity index (χ4v) is 6.61. The van der Waals surface area contributed by atoms with Gasteiger partial charge in [0.1, 0.15) is 14.8 Å². The Morgan fingerprint density at radius 3 is 2.59 bits per heavy atom. The monoisotopic (exact) mass is 538 g/mol. The highest BCUT2D eigenvalue weighted by molar-refractivity contribution is 8.30. The molecule has 2 rings (SSSR count). The van der Waals surface area contributed by atoms with Gasteiger partial charge in [-0.3, -0.25) is 13.8 Å². The fraction of sp³-hybridized carbons (Fsp3) is 0.800. The van der Waals surface area contributed by atoms with Crippen molar-refractivity contribution in [3.63, 3.8) is 0 Å². The van der Waals surface area contributed by atoms with Crippen LogP contribution in [0.1, 0.15) is 51.4 Å². The quantitative estimate of drug-likeness (QED) is 0.137. The number of fused-ring (bicyclic) bond motifs is 1. The normalized spacial score (nSPS) is 23.8. The minimum atomic E-state index is -3.19. The van der Waals surface area contributed by atoms with Gasteiger partial charge >= 0.3 is 12.0 Å². The van der Waals surface area contributed by atoms with E-state index in [-0.39, 0.29) is 30.4 Å². The van der Waals surface area contributed by atoms with E-state index in [0.29, 0.717) is 37.5 Å². The summed E-state index contributed by atoms with van der Waals surface area (Å²) in [7, 11) is -2.06. The first-order chi connectivity index (χ1) is 16.1. The maximum atomic E-state index is 12.0. The van der Waals surface area contributed by atoms with Crippen LogP contribution in [0.4, 0.5) is 4.79 Å². The number of urea groups is 1. The van der Waals surface area contributed by atoms with E-state index in [4.69, 9.17) is 5.11 Å². The van der Waals surface area contributed by atoms with Crippen LogP contribution in [0.25, 0.3) is 0 Å². The molecule has 0 radical (unpaired) electrons. The summed E-state index contributed by atoms with van der Waals surface area (Å²) in [6.07, 6.45) is 5.23. The van der Waals surface area contributed by atoms with E-state index < -0.39 is 32.4 Å². The van der Waals surface area contributed by atoms with Gasteiger partial charge in [-0.25, -0.2) is 13.8 Å². The Bertz CT molecular complexity index is 840. The van der Waals surface area contributed by atoms with E-state index in [1.54, 1.807) is 0 Å². The molecule has 5 atom stereocenters. The lowest BCUT2D eigenvalue weighted by atomic mass is 10.0. The van der Waals surface area contributed by atoms with E-state index in [9.17, 15) is 23.4 Å². The molecule has 2 fully saturated rings. The van der Waals surface area contributed by atoms with Crippen LogP contribution >= 0.6 is 11.8 Å². The summed E-state index contributed by atoms with van der Waals surface area (Å²) >= 11 is 6.54. The number of rotatable bonds is 16. The van der Waals surface area contributed by atoms with Gasteiger partial charge in [0.2, 0.25) is 11.8 Å². The molecule has 2 heterocycles. The molecule has 5 unspecified atom stereocenters. The maximum absolute atomic E-state index is 12.0. The second-order valence-corrected chi connectivity index (χ2v) is 13.0. The molecule has 14 heteroatoms. The van der Waals surface area contributed by atoms with Crippen molar-refractivity contribution >= 4 is 55.5 Å². The SMILES string of the molecule is COS(=O)(=S)CC(NC(=O)CCCCCNC(=O)CCCCC1SCC2NC(=O)NC21)C(=O)O. The molecule has 0 saturated carbocycles. The highest BCUT2D eigenvalue weighted by Gasteiger charge is 2.42. The number of aliphatic carboxylic acids is 1. The smallest absolute Gasteiger partial charge is 0.327 e. The number of carboxylic acids is 1. The second-order valence-electron chi connectivity index (χ2n) is 8.38. The second kappa shape index (κ2) is 14.0. The highest BCUT2D eigenvalue weighted by Crippen LogP contribution is 2.33. The molecule has 2 aliphatic heterocycles. The Hall–Kier alpha value is -1.64. The molecular weight excluding hydrogens is 504 g/mol. The maximum Gasteiger partial charge on any atom is 0.327 e. The van der Waals surface area contributed by atoms with Crippen LogP contribution in [0.5, 0.6) is 0 Å². The molecule has 0 aromatic rings. The summed E-state index contributed by atoms with van der Waals surface area (Å²) in [5.41, 5.74) is 0. The van der Waals surface area contributed by atoms with Crippen LogP contribution in [0.2, 0.25) is 0 Å². The average molecular weight is 539 g/mol. The molecule has 2 saturated heterocycles. The number of carbonyl (C=O) groups is 4. The Morgan fingerprint density at radius 2 is 1.88 bits per heavy atom. The third kappa shape index (κ3) is 9.92. The van der Waals surface area contributed by atoms with E-state index in [2.05, 4.69) is 36.6 Å². The van der Waals surface area contributed by atoms with Gasteiger partial charge in [-0.1, -0.05) is 12.8 Å². The van der Waals surface area contributed by atoms with Gasteiger partial charge in [0.05, 0.1) is 24.9 Å². The molecule has 11 nitrogen and oxygen atoms in total.